The number of anilines is 2. The molecule has 128 valence electrons. The largest absolute Gasteiger partial charge is 0.473 e. The molecule has 0 saturated carbocycles. The van der Waals surface area contributed by atoms with Gasteiger partial charge >= 0.3 is 0 Å². The first-order valence-electron chi connectivity index (χ1n) is 8.40. The molecule has 2 heterocycles. The average Bonchev–Trinajstić information content (AvgIpc) is 2.69. The number of ether oxygens (including phenoxy) is 1. The third-order valence-electron chi connectivity index (χ3n) is 4.86. The van der Waals surface area contributed by atoms with Gasteiger partial charge in [0.05, 0.1) is 11.3 Å². The van der Waals surface area contributed by atoms with Crippen LogP contribution < -0.4 is 14.5 Å². The van der Waals surface area contributed by atoms with E-state index >= 15 is 0 Å². The standard InChI is InChI=1S/C21H15FN2O2/c22-14-9-11-15(12-10-14)24-20-17-6-2-4-8-19(17)26-13-23(20)18-7-3-1-5-16(18)21(24)25/h1-12,20H,13H2. The quantitative estimate of drug-likeness (QED) is 0.657. The summed E-state index contributed by atoms with van der Waals surface area (Å²) in [7, 11) is 0. The number of fused-ring (bicyclic) bond motifs is 5. The predicted octanol–water partition coefficient (Wildman–Crippen LogP) is 4.34. The van der Waals surface area contributed by atoms with Crippen molar-refractivity contribution in [1.29, 1.82) is 0 Å². The molecule has 2 aliphatic heterocycles. The van der Waals surface area contributed by atoms with Crippen LogP contribution in [0.25, 0.3) is 0 Å². The maximum absolute atomic E-state index is 13.4. The Morgan fingerprint density at radius 2 is 1.65 bits per heavy atom. The fourth-order valence-electron chi connectivity index (χ4n) is 3.69. The molecular weight excluding hydrogens is 331 g/mol. The van der Waals surface area contributed by atoms with Gasteiger partial charge < -0.3 is 9.64 Å². The summed E-state index contributed by atoms with van der Waals surface area (Å²) in [6.45, 7) is 0.337. The highest BCUT2D eigenvalue weighted by Crippen LogP contribution is 2.45. The van der Waals surface area contributed by atoms with Gasteiger partial charge in [0.15, 0.2) is 6.73 Å². The highest BCUT2D eigenvalue weighted by atomic mass is 19.1. The van der Waals surface area contributed by atoms with Crippen molar-refractivity contribution in [3.63, 3.8) is 0 Å². The summed E-state index contributed by atoms with van der Waals surface area (Å²) < 4.78 is 19.3. The van der Waals surface area contributed by atoms with Crippen molar-refractivity contribution >= 4 is 17.3 Å². The van der Waals surface area contributed by atoms with Crippen molar-refractivity contribution in [2.24, 2.45) is 0 Å². The van der Waals surface area contributed by atoms with Crippen LogP contribution in [0.15, 0.2) is 72.8 Å². The van der Waals surface area contributed by atoms with E-state index < -0.39 is 0 Å². The summed E-state index contributed by atoms with van der Waals surface area (Å²) in [6, 6.07) is 21.2. The predicted molar refractivity (Wildman–Crippen MR) is 96.8 cm³/mol. The smallest absolute Gasteiger partial charge is 0.262 e. The third-order valence-corrected chi connectivity index (χ3v) is 4.86. The van der Waals surface area contributed by atoms with Crippen molar-refractivity contribution in [3.05, 3.63) is 89.7 Å². The molecule has 0 aliphatic carbocycles. The summed E-state index contributed by atoms with van der Waals surface area (Å²) in [5.74, 6) is 0.320. The van der Waals surface area contributed by atoms with Gasteiger partial charge in [0.1, 0.15) is 17.7 Å². The van der Waals surface area contributed by atoms with Gasteiger partial charge in [0, 0.05) is 11.3 Å². The molecule has 1 atom stereocenters. The molecule has 0 fully saturated rings. The fourth-order valence-corrected chi connectivity index (χ4v) is 3.69. The summed E-state index contributed by atoms with van der Waals surface area (Å²) in [6.07, 6.45) is -0.340. The molecule has 5 heteroatoms. The molecular formula is C21H15FN2O2. The van der Waals surface area contributed by atoms with Crippen LogP contribution in [0.4, 0.5) is 15.8 Å². The number of carbonyl (C=O) groups excluding carboxylic acids is 1. The normalized spacial score (nSPS) is 17.9. The maximum Gasteiger partial charge on any atom is 0.262 e. The molecule has 1 unspecified atom stereocenters. The molecule has 3 aromatic carbocycles. The molecule has 1 amide bonds. The van der Waals surface area contributed by atoms with Gasteiger partial charge in [-0.05, 0) is 42.5 Å². The van der Waals surface area contributed by atoms with Crippen LogP contribution in [0.3, 0.4) is 0 Å². The van der Waals surface area contributed by atoms with E-state index in [0.717, 1.165) is 17.0 Å². The van der Waals surface area contributed by atoms with Gasteiger partial charge in [-0.15, -0.1) is 0 Å². The number of nitrogens with zero attached hydrogens (tertiary/aromatic N) is 2. The van der Waals surface area contributed by atoms with Gasteiger partial charge in [-0.2, -0.15) is 0 Å². The second-order valence-electron chi connectivity index (χ2n) is 6.32. The van der Waals surface area contributed by atoms with Crippen molar-refractivity contribution in [2.75, 3.05) is 16.5 Å². The zero-order valence-electron chi connectivity index (χ0n) is 13.8. The van der Waals surface area contributed by atoms with Gasteiger partial charge in [0.25, 0.3) is 5.91 Å². The van der Waals surface area contributed by atoms with Crippen LogP contribution >= 0.6 is 0 Å². The number of amides is 1. The Hall–Kier alpha value is -3.34. The first kappa shape index (κ1) is 15.0. The molecule has 0 N–H and O–H groups in total. The SMILES string of the molecule is O=C1c2ccccc2N2COc3ccccc3C2N1c1ccc(F)cc1. The Kier molecular flexibility index (Phi) is 3.22. The van der Waals surface area contributed by atoms with E-state index in [1.54, 1.807) is 17.0 Å². The minimum atomic E-state index is -0.340. The highest BCUT2D eigenvalue weighted by Gasteiger charge is 2.42. The van der Waals surface area contributed by atoms with Crippen LogP contribution in [0.5, 0.6) is 5.75 Å². The van der Waals surface area contributed by atoms with Crippen LogP contribution in [-0.2, 0) is 0 Å². The Bertz CT molecular complexity index is 1000. The van der Waals surface area contributed by atoms with E-state index in [4.69, 9.17) is 4.74 Å². The molecule has 0 aromatic heterocycles. The Labute approximate surface area is 150 Å². The fraction of sp³-hybridized carbons (Fsp3) is 0.0952. The van der Waals surface area contributed by atoms with Crippen LogP contribution in [0.2, 0.25) is 0 Å². The number of benzene rings is 3. The van der Waals surface area contributed by atoms with E-state index in [1.165, 1.54) is 12.1 Å². The lowest BCUT2D eigenvalue weighted by Crippen LogP contribution is -2.52. The second-order valence-corrected chi connectivity index (χ2v) is 6.32. The molecule has 3 aromatic rings. The molecule has 2 aliphatic rings. The van der Waals surface area contributed by atoms with E-state index in [0.29, 0.717) is 18.0 Å². The molecule has 0 bridgehead atoms. The summed E-state index contributed by atoms with van der Waals surface area (Å²) in [4.78, 5) is 17.1. The number of hydrogen-bond acceptors (Lipinski definition) is 3. The molecule has 26 heavy (non-hydrogen) atoms. The summed E-state index contributed by atoms with van der Waals surface area (Å²) >= 11 is 0. The number of rotatable bonds is 1. The van der Waals surface area contributed by atoms with Crippen LogP contribution in [0, 0.1) is 5.82 Å². The maximum atomic E-state index is 13.4. The molecule has 0 saturated heterocycles. The van der Waals surface area contributed by atoms with Gasteiger partial charge in [-0.25, -0.2) is 4.39 Å². The Balaban J connectivity index is 1.75. The van der Waals surface area contributed by atoms with E-state index in [2.05, 4.69) is 4.90 Å². The number of para-hydroxylation sites is 2. The van der Waals surface area contributed by atoms with E-state index in [-0.39, 0.29) is 17.9 Å². The molecule has 0 spiro atoms. The van der Waals surface area contributed by atoms with Gasteiger partial charge in [-0.3, -0.25) is 9.69 Å². The molecule has 5 rings (SSSR count). The minimum absolute atomic E-state index is 0.106. The molecule has 4 nitrogen and oxygen atoms in total. The Morgan fingerprint density at radius 1 is 0.923 bits per heavy atom. The first-order valence-corrected chi connectivity index (χ1v) is 8.40. The summed E-state index contributed by atoms with van der Waals surface area (Å²) in [5, 5.41) is 0. The number of carbonyl (C=O) groups is 1. The lowest BCUT2D eigenvalue weighted by molar-refractivity contribution is 0.0959. The molecule has 0 radical (unpaired) electrons. The van der Waals surface area contributed by atoms with Crippen molar-refractivity contribution in [2.45, 2.75) is 6.17 Å². The monoisotopic (exact) mass is 346 g/mol. The lowest BCUT2D eigenvalue weighted by Gasteiger charge is -2.48. The zero-order valence-corrected chi connectivity index (χ0v) is 13.8. The van der Waals surface area contributed by atoms with E-state index in [9.17, 15) is 9.18 Å². The Morgan fingerprint density at radius 3 is 2.50 bits per heavy atom. The van der Waals surface area contributed by atoms with Crippen molar-refractivity contribution in [1.82, 2.24) is 0 Å². The zero-order chi connectivity index (χ0) is 17.7. The minimum Gasteiger partial charge on any atom is -0.473 e. The van der Waals surface area contributed by atoms with Crippen molar-refractivity contribution in [3.8, 4) is 5.75 Å². The average molecular weight is 346 g/mol. The number of halogens is 1. The van der Waals surface area contributed by atoms with Gasteiger partial charge in [0.2, 0.25) is 0 Å². The van der Waals surface area contributed by atoms with E-state index in [1.807, 2.05) is 48.5 Å². The summed E-state index contributed by atoms with van der Waals surface area (Å²) in [5.41, 5.74) is 3.01. The van der Waals surface area contributed by atoms with Crippen LogP contribution in [0.1, 0.15) is 22.1 Å². The topological polar surface area (TPSA) is 32.8 Å². The van der Waals surface area contributed by atoms with Crippen LogP contribution in [-0.4, -0.2) is 12.6 Å². The first-order chi connectivity index (χ1) is 12.7. The lowest BCUT2D eigenvalue weighted by atomic mass is 9.99. The second kappa shape index (κ2) is 5.59. The van der Waals surface area contributed by atoms with Crippen molar-refractivity contribution < 1.29 is 13.9 Å². The van der Waals surface area contributed by atoms with Gasteiger partial charge in [-0.1, -0.05) is 30.3 Å². The highest BCUT2D eigenvalue weighted by molar-refractivity contribution is 6.12. The third kappa shape index (κ3) is 2.10. The number of hydrogen-bond donors (Lipinski definition) is 0.